The molecule has 1 aliphatic carbocycles. The first-order valence-corrected chi connectivity index (χ1v) is 11.0. The van der Waals surface area contributed by atoms with Crippen LogP contribution in [0.2, 0.25) is 0 Å². The topological polar surface area (TPSA) is 93.7 Å². The first kappa shape index (κ1) is 19.5. The molecule has 7 heteroatoms. The van der Waals surface area contributed by atoms with Crippen LogP contribution < -0.4 is 5.73 Å². The number of hydrogen-bond acceptors (Lipinski definition) is 5. The molecule has 5 rings (SSSR count). The Labute approximate surface area is 177 Å². The van der Waals surface area contributed by atoms with Crippen molar-refractivity contribution in [3.63, 3.8) is 0 Å². The van der Waals surface area contributed by atoms with Gasteiger partial charge in [-0.3, -0.25) is 14.5 Å². The zero-order valence-electron chi connectivity index (χ0n) is 17.6. The second-order valence-electron chi connectivity index (χ2n) is 9.49. The van der Waals surface area contributed by atoms with Crippen molar-refractivity contribution in [1.29, 1.82) is 5.26 Å². The van der Waals surface area contributed by atoms with E-state index in [4.69, 9.17) is 5.73 Å². The predicted molar refractivity (Wildman–Crippen MR) is 111 cm³/mol. The molecule has 2 bridgehead atoms. The van der Waals surface area contributed by atoms with Crippen molar-refractivity contribution in [2.75, 3.05) is 13.1 Å². The van der Waals surface area contributed by atoms with Crippen LogP contribution in [0.25, 0.3) is 0 Å². The fourth-order valence-corrected chi connectivity index (χ4v) is 5.90. The van der Waals surface area contributed by atoms with Gasteiger partial charge in [0.05, 0.1) is 24.2 Å². The molecule has 4 fully saturated rings. The molecule has 4 aliphatic rings. The number of hydrogen-bond donors (Lipinski definition) is 1. The van der Waals surface area contributed by atoms with Crippen LogP contribution in [0.15, 0.2) is 24.3 Å². The standard InChI is InChI=1S/C23H29N5O2/c1-13-4-3-5-15(6-13)14(2)27-18-9-21(23(27)30)26(11-18)12-19(25)22(29)28-17(10-24)7-16-8-20(16)28/h3-6,14,16-21H,7-9,11-12,25H2,1-2H3/t14-,16?,17-,18?,19-,20-,21-/m0/s1. The maximum atomic E-state index is 13.1. The first-order valence-electron chi connectivity index (χ1n) is 11.0. The maximum absolute atomic E-state index is 13.1. The number of amides is 2. The molecular weight excluding hydrogens is 378 g/mol. The summed E-state index contributed by atoms with van der Waals surface area (Å²) >= 11 is 0. The minimum Gasteiger partial charge on any atom is -0.330 e. The van der Waals surface area contributed by atoms with E-state index in [1.54, 1.807) is 4.90 Å². The molecule has 3 heterocycles. The van der Waals surface area contributed by atoms with Crippen molar-refractivity contribution >= 4 is 11.8 Å². The summed E-state index contributed by atoms with van der Waals surface area (Å²) in [5.41, 5.74) is 8.64. The Morgan fingerprint density at radius 2 is 2.13 bits per heavy atom. The van der Waals surface area contributed by atoms with E-state index >= 15 is 0 Å². The van der Waals surface area contributed by atoms with E-state index in [1.165, 1.54) is 5.56 Å². The van der Waals surface area contributed by atoms with Gasteiger partial charge in [0.25, 0.3) is 0 Å². The van der Waals surface area contributed by atoms with E-state index in [2.05, 4.69) is 43.0 Å². The van der Waals surface area contributed by atoms with Crippen molar-refractivity contribution in [2.45, 2.75) is 69.4 Å². The average Bonchev–Trinajstić information content (AvgIpc) is 3.06. The Hall–Kier alpha value is -2.43. The van der Waals surface area contributed by atoms with E-state index in [0.717, 1.165) is 31.4 Å². The lowest BCUT2D eigenvalue weighted by Gasteiger charge is -2.38. The predicted octanol–water partition coefficient (Wildman–Crippen LogP) is 1.18. The van der Waals surface area contributed by atoms with Crippen molar-refractivity contribution in [1.82, 2.24) is 14.7 Å². The number of aryl methyl sites for hydroxylation is 1. The number of likely N-dealkylation sites (tertiary alicyclic amines) is 3. The van der Waals surface area contributed by atoms with Gasteiger partial charge in [-0.1, -0.05) is 29.8 Å². The quantitative estimate of drug-likeness (QED) is 0.791. The SMILES string of the molecule is Cc1cccc([C@H](C)N2C(=O)[C@@H]3CC2CN3C[C@H](N)C(=O)N2[C@H](C#N)CC3C[C@@H]32)c1. The zero-order valence-corrected chi connectivity index (χ0v) is 17.6. The maximum Gasteiger partial charge on any atom is 0.242 e. The number of rotatable bonds is 5. The Kier molecular flexibility index (Phi) is 4.60. The van der Waals surface area contributed by atoms with Crippen LogP contribution in [0.3, 0.4) is 0 Å². The molecule has 0 spiro atoms. The normalized spacial score (nSPS) is 34.1. The number of carbonyl (C=O) groups excluding carboxylic acids is 2. The molecule has 158 valence electrons. The molecule has 7 nitrogen and oxygen atoms in total. The summed E-state index contributed by atoms with van der Waals surface area (Å²) < 4.78 is 0. The van der Waals surface area contributed by atoms with Gasteiger partial charge in [0.15, 0.2) is 0 Å². The van der Waals surface area contributed by atoms with Gasteiger partial charge < -0.3 is 15.5 Å². The molecule has 3 aliphatic heterocycles. The fraction of sp³-hybridized carbons (Fsp3) is 0.609. The van der Waals surface area contributed by atoms with E-state index in [0.29, 0.717) is 12.5 Å². The smallest absolute Gasteiger partial charge is 0.242 e. The minimum absolute atomic E-state index is 0.0395. The van der Waals surface area contributed by atoms with Gasteiger partial charge in [-0.2, -0.15) is 5.26 Å². The monoisotopic (exact) mass is 407 g/mol. The van der Waals surface area contributed by atoms with Gasteiger partial charge in [0.2, 0.25) is 11.8 Å². The van der Waals surface area contributed by atoms with E-state index < -0.39 is 6.04 Å². The molecule has 0 radical (unpaired) electrons. The summed E-state index contributed by atoms with van der Waals surface area (Å²) in [6.07, 6.45) is 2.57. The number of nitrogens with two attached hydrogens (primary N) is 1. The number of piperazine rings is 1. The highest BCUT2D eigenvalue weighted by Gasteiger charge is 2.56. The number of nitrogens with zero attached hydrogens (tertiary/aromatic N) is 4. The molecule has 1 aromatic rings. The van der Waals surface area contributed by atoms with Crippen LogP contribution in [-0.4, -0.2) is 69.8 Å². The Bertz CT molecular complexity index is 926. The summed E-state index contributed by atoms with van der Waals surface area (Å²) in [4.78, 5) is 31.9. The lowest BCUT2D eigenvalue weighted by atomic mass is 10.0. The molecule has 0 aromatic heterocycles. The third-order valence-corrected chi connectivity index (χ3v) is 7.51. The van der Waals surface area contributed by atoms with Crippen LogP contribution >= 0.6 is 0 Å². The van der Waals surface area contributed by atoms with Crippen LogP contribution in [0.4, 0.5) is 0 Å². The van der Waals surface area contributed by atoms with E-state index in [-0.39, 0.29) is 42.0 Å². The molecule has 2 unspecified atom stereocenters. The zero-order chi connectivity index (χ0) is 21.2. The highest BCUT2D eigenvalue weighted by Crippen LogP contribution is 2.48. The minimum atomic E-state index is -0.685. The average molecular weight is 408 g/mol. The number of piperidine rings is 1. The highest BCUT2D eigenvalue weighted by molar-refractivity contribution is 5.87. The lowest BCUT2D eigenvalue weighted by molar-refractivity contribution is -0.141. The summed E-state index contributed by atoms with van der Waals surface area (Å²) in [6, 6.07) is 9.76. The van der Waals surface area contributed by atoms with Crippen LogP contribution in [-0.2, 0) is 9.59 Å². The van der Waals surface area contributed by atoms with Gasteiger partial charge in [-0.15, -0.1) is 0 Å². The fourth-order valence-electron chi connectivity index (χ4n) is 5.90. The van der Waals surface area contributed by atoms with E-state index in [1.807, 2.05) is 11.0 Å². The molecule has 3 saturated heterocycles. The van der Waals surface area contributed by atoms with Gasteiger partial charge >= 0.3 is 0 Å². The van der Waals surface area contributed by atoms with Crippen LogP contribution in [0.5, 0.6) is 0 Å². The molecular formula is C23H29N5O2. The van der Waals surface area contributed by atoms with Crippen LogP contribution in [0, 0.1) is 24.2 Å². The van der Waals surface area contributed by atoms with Crippen molar-refractivity contribution in [2.24, 2.45) is 11.7 Å². The summed E-state index contributed by atoms with van der Waals surface area (Å²) in [5, 5.41) is 9.36. The molecule has 7 atom stereocenters. The summed E-state index contributed by atoms with van der Waals surface area (Å²) in [5.74, 6) is 0.483. The number of benzene rings is 1. The third-order valence-electron chi connectivity index (χ3n) is 7.51. The lowest BCUT2D eigenvalue weighted by Crippen LogP contribution is -2.57. The molecule has 2 amide bonds. The second kappa shape index (κ2) is 7.07. The largest absolute Gasteiger partial charge is 0.330 e. The van der Waals surface area contributed by atoms with Gasteiger partial charge in [-0.25, -0.2) is 0 Å². The Balaban J connectivity index is 1.24. The Morgan fingerprint density at radius 3 is 2.83 bits per heavy atom. The molecule has 1 saturated carbocycles. The van der Waals surface area contributed by atoms with Crippen LogP contribution in [0.1, 0.15) is 43.4 Å². The summed E-state index contributed by atoms with van der Waals surface area (Å²) in [6.45, 7) is 5.29. The molecule has 1 aromatic carbocycles. The first-order chi connectivity index (χ1) is 14.4. The number of fused-ring (bicyclic) bond motifs is 3. The van der Waals surface area contributed by atoms with Gasteiger partial charge in [0.1, 0.15) is 6.04 Å². The van der Waals surface area contributed by atoms with Crippen molar-refractivity contribution in [3.05, 3.63) is 35.4 Å². The second-order valence-corrected chi connectivity index (χ2v) is 9.49. The van der Waals surface area contributed by atoms with Gasteiger partial charge in [0, 0.05) is 25.2 Å². The Morgan fingerprint density at radius 1 is 1.33 bits per heavy atom. The number of carbonyl (C=O) groups is 2. The third kappa shape index (κ3) is 3.01. The molecule has 30 heavy (non-hydrogen) atoms. The van der Waals surface area contributed by atoms with E-state index in [9.17, 15) is 14.9 Å². The highest BCUT2D eigenvalue weighted by atomic mass is 16.2. The summed E-state index contributed by atoms with van der Waals surface area (Å²) in [7, 11) is 0. The van der Waals surface area contributed by atoms with Crippen molar-refractivity contribution < 1.29 is 9.59 Å². The molecule has 2 N–H and O–H groups in total. The van der Waals surface area contributed by atoms with Gasteiger partial charge in [-0.05, 0) is 44.6 Å². The van der Waals surface area contributed by atoms with Crippen molar-refractivity contribution in [3.8, 4) is 6.07 Å². The number of nitriles is 1.